The summed E-state index contributed by atoms with van der Waals surface area (Å²) in [6, 6.07) is 6.54. The van der Waals surface area contributed by atoms with Gasteiger partial charge in [-0.3, -0.25) is 14.5 Å². The molecule has 23 heavy (non-hydrogen) atoms. The zero-order valence-corrected chi connectivity index (χ0v) is 13.6. The number of sulfonamides is 1. The van der Waals surface area contributed by atoms with Gasteiger partial charge in [-0.1, -0.05) is 31.4 Å². The molecule has 0 atom stereocenters. The van der Waals surface area contributed by atoms with Gasteiger partial charge in [0.15, 0.2) is 0 Å². The van der Waals surface area contributed by atoms with Gasteiger partial charge in [0.05, 0.1) is 16.9 Å². The number of amides is 2. The van der Waals surface area contributed by atoms with Crippen LogP contribution in [0, 0.1) is 0 Å². The van der Waals surface area contributed by atoms with Crippen LogP contribution in [0.15, 0.2) is 24.3 Å². The lowest BCUT2D eigenvalue weighted by Crippen LogP contribution is -2.41. The number of nitrogens with one attached hydrogen (secondary N) is 1. The van der Waals surface area contributed by atoms with Gasteiger partial charge in [-0.15, -0.1) is 0 Å². The third-order valence-electron chi connectivity index (χ3n) is 4.41. The van der Waals surface area contributed by atoms with Crippen molar-refractivity contribution in [3.63, 3.8) is 0 Å². The van der Waals surface area contributed by atoms with E-state index < -0.39 is 21.8 Å². The Hall–Kier alpha value is -1.73. The highest BCUT2D eigenvalue weighted by atomic mass is 32.2. The van der Waals surface area contributed by atoms with Crippen molar-refractivity contribution in [3.05, 3.63) is 35.4 Å². The third kappa shape index (κ3) is 3.45. The number of benzene rings is 1. The van der Waals surface area contributed by atoms with Crippen molar-refractivity contribution in [1.29, 1.82) is 0 Å². The molecule has 0 radical (unpaired) electrons. The molecular formula is C16H20N2O4S. The first-order valence-corrected chi connectivity index (χ1v) is 9.58. The number of nitrogens with zero attached hydrogens (tertiary/aromatic N) is 1. The average molecular weight is 336 g/mol. The molecular weight excluding hydrogens is 316 g/mol. The monoisotopic (exact) mass is 336 g/mol. The van der Waals surface area contributed by atoms with Crippen LogP contribution in [0.4, 0.5) is 0 Å². The Bertz CT molecular complexity index is 688. The van der Waals surface area contributed by atoms with Crippen molar-refractivity contribution in [2.75, 3.05) is 12.3 Å². The minimum atomic E-state index is -3.50. The Morgan fingerprint density at radius 1 is 1.00 bits per heavy atom. The van der Waals surface area contributed by atoms with Crippen LogP contribution in [0.25, 0.3) is 0 Å². The van der Waals surface area contributed by atoms with Gasteiger partial charge in [-0.05, 0) is 25.0 Å². The summed E-state index contributed by atoms with van der Waals surface area (Å²) < 4.78 is 27.1. The number of fused-ring (bicyclic) bond motifs is 1. The molecule has 0 bridgehead atoms. The fourth-order valence-electron chi connectivity index (χ4n) is 3.19. The van der Waals surface area contributed by atoms with Gasteiger partial charge in [0, 0.05) is 12.6 Å². The lowest BCUT2D eigenvalue weighted by molar-refractivity contribution is 0.0664. The summed E-state index contributed by atoms with van der Waals surface area (Å²) in [6.07, 6.45) is 4.92. The molecule has 0 spiro atoms. The van der Waals surface area contributed by atoms with Gasteiger partial charge < -0.3 is 0 Å². The summed E-state index contributed by atoms with van der Waals surface area (Å²) in [6.45, 7) is -0.117. The lowest BCUT2D eigenvalue weighted by atomic mass is 9.96. The SMILES string of the molecule is O=C1c2ccccc2C(=O)N1CCS(=O)(=O)NC1CCCCC1. The fourth-order valence-corrected chi connectivity index (χ4v) is 4.47. The highest BCUT2D eigenvalue weighted by Crippen LogP contribution is 2.22. The van der Waals surface area contributed by atoms with Crippen molar-refractivity contribution in [1.82, 2.24) is 9.62 Å². The standard InChI is InChI=1S/C16H20N2O4S/c19-15-13-8-4-5-9-14(13)16(20)18(15)10-11-23(21,22)17-12-6-2-1-3-7-12/h4-5,8-9,12,17H,1-3,6-7,10-11H2. The van der Waals surface area contributed by atoms with E-state index in [0.717, 1.165) is 37.0 Å². The molecule has 1 aliphatic heterocycles. The zero-order chi connectivity index (χ0) is 16.4. The van der Waals surface area contributed by atoms with E-state index in [9.17, 15) is 18.0 Å². The topological polar surface area (TPSA) is 83.6 Å². The fraction of sp³-hybridized carbons (Fsp3) is 0.500. The van der Waals surface area contributed by atoms with E-state index in [1.54, 1.807) is 24.3 Å². The molecule has 0 aromatic heterocycles. The van der Waals surface area contributed by atoms with Crippen LogP contribution >= 0.6 is 0 Å². The molecule has 1 aromatic rings. The Morgan fingerprint density at radius 2 is 1.57 bits per heavy atom. The molecule has 1 aliphatic carbocycles. The number of rotatable bonds is 5. The minimum Gasteiger partial charge on any atom is -0.273 e. The average Bonchev–Trinajstić information content (AvgIpc) is 2.78. The maximum atomic E-state index is 12.2. The van der Waals surface area contributed by atoms with Crippen molar-refractivity contribution in [3.8, 4) is 0 Å². The Balaban J connectivity index is 1.62. The van der Waals surface area contributed by atoms with E-state index in [1.807, 2.05) is 0 Å². The van der Waals surface area contributed by atoms with Gasteiger partial charge in [-0.25, -0.2) is 13.1 Å². The van der Waals surface area contributed by atoms with Gasteiger partial charge >= 0.3 is 0 Å². The Labute approximate surface area is 135 Å². The van der Waals surface area contributed by atoms with Crippen LogP contribution in [0.5, 0.6) is 0 Å². The highest BCUT2D eigenvalue weighted by molar-refractivity contribution is 7.89. The van der Waals surface area contributed by atoms with Crippen LogP contribution in [0.3, 0.4) is 0 Å². The lowest BCUT2D eigenvalue weighted by Gasteiger charge is -2.23. The van der Waals surface area contributed by atoms with E-state index in [4.69, 9.17) is 0 Å². The molecule has 1 fully saturated rings. The molecule has 124 valence electrons. The molecule has 2 aliphatic rings. The number of carbonyl (C=O) groups excluding carboxylic acids is 2. The molecule has 1 saturated carbocycles. The van der Waals surface area contributed by atoms with E-state index in [2.05, 4.69) is 4.72 Å². The maximum Gasteiger partial charge on any atom is 0.261 e. The van der Waals surface area contributed by atoms with Gasteiger partial charge in [0.2, 0.25) is 10.0 Å². The summed E-state index contributed by atoms with van der Waals surface area (Å²) in [5.74, 6) is -1.09. The predicted octanol–water partition coefficient (Wildman–Crippen LogP) is 1.53. The van der Waals surface area contributed by atoms with Crippen LogP contribution < -0.4 is 4.72 Å². The second-order valence-corrected chi connectivity index (χ2v) is 7.95. The van der Waals surface area contributed by atoms with Crippen LogP contribution in [0.1, 0.15) is 52.8 Å². The summed E-state index contributed by atoms with van der Waals surface area (Å²) in [4.78, 5) is 25.4. The van der Waals surface area contributed by atoms with E-state index >= 15 is 0 Å². The molecule has 2 amide bonds. The smallest absolute Gasteiger partial charge is 0.261 e. The van der Waals surface area contributed by atoms with Gasteiger partial charge in [-0.2, -0.15) is 0 Å². The maximum absolute atomic E-state index is 12.2. The number of imide groups is 1. The molecule has 1 aromatic carbocycles. The highest BCUT2D eigenvalue weighted by Gasteiger charge is 2.35. The third-order valence-corrected chi connectivity index (χ3v) is 5.83. The van der Waals surface area contributed by atoms with Crippen LogP contribution in [-0.2, 0) is 10.0 Å². The van der Waals surface area contributed by atoms with Crippen molar-refractivity contribution < 1.29 is 18.0 Å². The molecule has 1 N–H and O–H groups in total. The Kier molecular flexibility index (Phi) is 4.50. The second-order valence-electron chi connectivity index (χ2n) is 6.08. The molecule has 3 rings (SSSR count). The zero-order valence-electron chi connectivity index (χ0n) is 12.8. The van der Waals surface area contributed by atoms with Gasteiger partial charge in [0.1, 0.15) is 0 Å². The van der Waals surface area contributed by atoms with Crippen LogP contribution in [0.2, 0.25) is 0 Å². The predicted molar refractivity (Wildman–Crippen MR) is 85.6 cm³/mol. The first kappa shape index (κ1) is 16.1. The van der Waals surface area contributed by atoms with Crippen molar-refractivity contribution in [2.45, 2.75) is 38.1 Å². The second kappa shape index (κ2) is 6.41. The number of hydrogen-bond donors (Lipinski definition) is 1. The molecule has 7 heteroatoms. The van der Waals surface area contributed by atoms with E-state index in [1.165, 1.54) is 0 Å². The first-order chi connectivity index (χ1) is 11.0. The number of carbonyl (C=O) groups is 2. The molecule has 0 unspecified atom stereocenters. The van der Waals surface area contributed by atoms with E-state index in [0.29, 0.717) is 11.1 Å². The first-order valence-electron chi connectivity index (χ1n) is 7.93. The Morgan fingerprint density at radius 3 is 2.13 bits per heavy atom. The molecule has 6 nitrogen and oxygen atoms in total. The minimum absolute atomic E-state index is 0.0177. The van der Waals surface area contributed by atoms with Gasteiger partial charge in [0.25, 0.3) is 11.8 Å². The van der Waals surface area contributed by atoms with Crippen molar-refractivity contribution >= 4 is 21.8 Å². The largest absolute Gasteiger partial charge is 0.273 e. The normalized spacial score (nSPS) is 19.2. The summed E-state index contributed by atoms with van der Waals surface area (Å²) in [7, 11) is -3.50. The summed E-state index contributed by atoms with van der Waals surface area (Å²) in [5, 5.41) is 0. The van der Waals surface area contributed by atoms with Crippen LogP contribution in [-0.4, -0.2) is 43.5 Å². The summed E-state index contributed by atoms with van der Waals surface area (Å²) in [5.41, 5.74) is 0.685. The number of hydrogen-bond acceptors (Lipinski definition) is 4. The van der Waals surface area contributed by atoms with E-state index in [-0.39, 0.29) is 18.3 Å². The quantitative estimate of drug-likeness (QED) is 0.827. The molecule has 1 heterocycles. The van der Waals surface area contributed by atoms with Crippen molar-refractivity contribution in [2.24, 2.45) is 0 Å². The summed E-state index contributed by atoms with van der Waals surface area (Å²) >= 11 is 0. The molecule has 0 saturated heterocycles.